The van der Waals surface area contributed by atoms with Crippen LogP contribution in [-0.4, -0.2) is 47.8 Å². The van der Waals surface area contributed by atoms with E-state index in [2.05, 4.69) is 0 Å². The molecule has 1 aromatic carbocycles. The Balaban J connectivity index is 1.70. The molecule has 0 aromatic heterocycles. The molecule has 18 heavy (non-hydrogen) atoms. The van der Waals surface area contributed by atoms with E-state index in [4.69, 9.17) is 9.47 Å². The summed E-state index contributed by atoms with van der Waals surface area (Å²) < 4.78 is 11.2. The maximum Gasteiger partial charge on any atom is 0.267 e. The molecule has 0 spiro atoms. The first-order valence-electron chi connectivity index (χ1n) is 6.09. The van der Waals surface area contributed by atoms with Gasteiger partial charge in [0.2, 0.25) is 6.10 Å². The Morgan fingerprint density at radius 1 is 1.33 bits per heavy atom. The summed E-state index contributed by atoms with van der Waals surface area (Å²) in [7, 11) is 0. The van der Waals surface area contributed by atoms with Crippen molar-refractivity contribution in [2.45, 2.75) is 18.6 Å². The van der Waals surface area contributed by atoms with Gasteiger partial charge in [0.15, 0.2) is 11.5 Å². The Hall–Kier alpha value is -1.75. The van der Waals surface area contributed by atoms with Gasteiger partial charge in [0.25, 0.3) is 5.91 Å². The minimum Gasteiger partial charge on any atom is -0.485 e. The summed E-state index contributed by atoms with van der Waals surface area (Å²) in [6.07, 6.45) is -0.383. The van der Waals surface area contributed by atoms with Crippen LogP contribution in [-0.2, 0) is 4.79 Å². The molecule has 1 N–H and O–H groups in total. The second-order valence-corrected chi connectivity index (χ2v) is 4.59. The van der Waals surface area contributed by atoms with E-state index < -0.39 is 12.2 Å². The summed E-state index contributed by atoms with van der Waals surface area (Å²) >= 11 is 0. The molecule has 0 aliphatic carbocycles. The zero-order valence-electron chi connectivity index (χ0n) is 9.91. The van der Waals surface area contributed by atoms with E-state index in [-0.39, 0.29) is 12.5 Å². The highest BCUT2D eigenvalue weighted by Crippen LogP contribution is 2.31. The number of carbonyl (C=O) groups excluding carboxylic acids is 1. The fourth-order valence-electron chi connectivity index (χ4n) is 2.29. The number of fused-ring (bicyclic) bond motifs is 1. The lowest BCUT2D eigenvalue weighted by Gasteiger charge is -2.28. The molecule has 0 radical (unpaired) electrons. The molecule has 2 aliphatic rings. The number of benzene rings is 1. The summed E-state index contributed by atoms with van der Waals surface area (Å²) in [6, 6.07) is 7.30. The molecule has 2 aliphatic heterocycles. The Bertz CT molecular complexity index is 462. The summed E-state index contributed by atoms with van der Waals surface area (Å²) in [6.45, 7) is 1.20. The number of ether oxygens (including phenoxy) is 2. The normalized spacial score (nSPS) is 26.2. The fraction of sp³-hybridized carbons (Fsp3) is 0.462. The van der Waals surface area contributed by atoms with E-state index in [9.17, 15) is 9.90 Å². The molecule has 1 unspecified atom stereocenters. The lowest BCUT2D eigenvalue weighted by molar-refractivity contribution is -0.140. The Labute approximate surface area is 105 Å². The van der Waals surface area contributed by atoms with Crippen molar-refractivity contribution in [1.29, 1.82) is 0 Å². The molecule has 96 valence electrons. The molecule has 1 aromatic rings. The summed E-state index contributed by atoms with van der Waals surface area (Å²) in [5.74, 6) is 1.16. The largest absolute Gasteiger partial charge is 0.485 e. The van der Waals surface area contributed by atoms with Gasteiger partial charge in [-0.3, -0.25) is 4.79 Å². The maximum atomic E-state index is 12.2. The Morgan fingerprint density at radius 2 is 2.11 bits per heavy atom. The van der Waals surface area contributed by atoms with Gasteiger partial charge in [-0.1, -0.05) is 12.1 Å². The van der Waals surface area contributed by atoms with Crippen LogP contribution in [0.5, 0.6) is 11.5 Å². The second kappa shape index (κ2) is 4.49. The number of hydrogen-bond acceptors (Lipinski definition) is 4. The molecule has 1 fully saturated rings. The van der Waals surface area contributed by atoms with Crippen molar-refractivity contribution in [1.82, 2.24) is 4.90 Å². The van der Waals surface area contributed by atoms with Gasteiger partial charge in [0.1, 0.15) is 6.61 Å². The van der Waals surface area contributed by atoms with Gasteiger partial charge in [-0.25, -0.2) is 0 Å². The van der Waals surface area contributed by atoms with E-state index in [0.29, 0.717) is 31.0 Å². The van der Waals surface area contributed by atoms with Crippen LogP contribution in [0.2, 0.25) is 0 Å². The van der Waals surface area contributed by atoms with Gasteiger partial charge in [-0.15, -0.1) is 0 Å². The second-order valence-electron chi connectivity index (χ2n) is 4.59. The van der Waals surface area contributed by atoms with E-state index in [1.165, 1.54) is 0 Å². The first-order valence-corrected chi connectivity index (χ1v) is 6.09. The van der Waals surface area contributed by atoms with Crippen molar-refractivity contribution in [2.24, 2.45) is 0 Å². The predicted octanol–water partition coefficient (Wildman–Crippen LogP) is 0.420. The quantitative estimate of drug-likeness (QED) is 0.783. The summed E-state index contributed by atoms with van der Waals surface area (Å²) in [5.41, 5.74) is 0. The molecular formula is C13H15NO4. The van der Waals surface area contributed by atoms with Gasteiger partial charge in [-0.05, 0) is 18.6 Å². The SMILES string of the molecule is O=C(C1COc2ccccc2O1)N1CC[C@@H](O)C1. The number of aliphatic hydroxyl groups excluding tert-OH is 1. The van der Waals surface area contributed by atoms with Crippen LogP contribution in [0.25, 0.3) is 0 Å². The van der Waals surface area contributed by atoms with Gasteiger partial charge in [0, 0.05) is 13.1 Å². The average molecular weight is 249 g/mol. The molecule has 0 bridgehead atoms. The van der Waals surface area contributed by atoms with Gasteiger partial charge in [0.05, 0.1) is 6.10 Å². The fourth-order valence-corrected chi connectivity index (χ4v) is 2.29. The molecule has 1 saturated heterocycles. The van der Waals surface area contributed by atoms with Crippen molar-refractivity contribution in [2.75, 3.05) is 19.7 Å². The van der Waals surface area contributed by atoms with Crippen molar-refractivity contribution in [3.63, 3.8) is 0 Å². The van der Waals surface area contributed by atoms with Crippen molar-refractivity contribution >= 4 is 5.91 Å². The Kier molecular flexibility index (Phi) is 2.83. The number of nitrogens with zero attached hydrogens (tertiary/aromatic N) is 1. The van der Waals surface area contributed by atoms with Crippen LogP contribution >= 0.6 is 0 Å². The number of carbonyl (C=O) groups is 1. The maximum absolute atomic E-state index is 12.2. The van der Waals surface area contributed by atoms with Crippen LogP contribution in [0, 0.1) is 0 Å². The van der Waals surface area contributed by atoms with Gasteiger partial charge < -0.3 is 19.5 Å². The molecular weight excluding hydrogens is 234 g/mol. The monoisotopic (exact) mass is 249 g/mol. The van der Waals surface area contributed by atoms with Crippen LogP contribution < -0.4 is 9.47 Å². The average Bonchev–Trinajstić information content (AvgIpc) is 2.84. The molecule has 5 heteroatoms. The molecule has 1 amide bonds. The molecule has 0 saturated carbocycles. The highest BCUT2D eigenvalue weighted by molar-refractivity contribution is 5.82. The van der Waals surface area contributed by atoms with E-state index >= 15 is 0 Å². The lowest BCUT2D eigenvalue weighted by atomic mass is 10.2. The third kappa shape index (κ3) is 2.01. The summed E-state index contributed by atoms with van der Waals surface area (Å²) in [5, 5.41) is 9.44. The zero-order chi connectivity index (χ0) is 12.5. The van der Waals surface area contributed by atoms with Crippen LogP contribution in [0.4, 0.5) is 0 Å². The zero-order valence-corrected chi connectivity index (χ0v) is 9.91. The van der Waals surface area contributed by atoms with Crippen LogP contribution in [0.1, 0.15) is 6.42 Å². The number of likely N-dealkylation sites (tertiary alicyclic amines) is 1. The number of β-amino-alcohol motifs (C(OH)–C–C–N with tert-alkyl or cyclic N) is 1. The highest BCUT2D eigenvalue weighted by atomic mass is 16.6. The lowest BCUT2D eigenvalue weighted by Crippen LogP contribution is -2.45. The third-order valence-corrected chi connectivity index (χ3v) is 3.26. The molecule has 2 atom stereocenters. The number of para-hydroxylation sites is 2. The number of amides is 1. The first kappa shape index (κ1) is 11.3. The molecule has 2 heterocycles. The van der Waals surface area contributed by atoms with Gasteiger partial charge in [-0.2, -0.15) is 0 Å². The standard InChI is InChI=1S/C13H15NO4/c15-9-5-6-14(7-9)13(16)12-8-17-10-3-1-2-4-11(10)18-12/h1-4,9,12,15H,5-8H2/t9-,12?/m1/s1. The van der Waals surface area contributed by atoms with Crippen LogP contribution in [0.3, 0.4) is 0 Å². The third-order valence-electron chi connectivity index (χ3n) is 3.26. The van der Waals surface area contributed by atoms with Crippen molar-refractivity contribution < 1.29 is 19.4 Å². The molecule has 5 nitrogen and oxygen atoms in total. The number of hydrogen-bond donors (Lipinski definition) is 1. The topological polar surface area (TPSA) is 59.0 Å². The van der Waals surface area contributed by atoms with Crippen molar-refractivity contribution in [3.8, 4) is 11.5 Å². The number of aliphatic hydroxyl groups is 1. The minimum atomic E-state index is -0.606. The predicted molar refractivity (Wildman–Crippen MR) is 63.6 cm³/mol. The Morgan fingerprint density at radius 3 is 2.83 bits per heavy atom. The number of rotatable bonds is 1. The summed E-state index contributed by atoms with van der Waals surface area (Å²) in [4.78, 5) is 13.8. The van der Waals surface area contributed by atoms with E-state index in [0.717, 1.165) is 0 Å². The van der Waals surface area contributed by atoms with E-state index in [1.807, 2.05) is 18.2 Å². The van der Waals surface area contributed by atoms with Gasteiger partial charge >= 0.3 is 0 Å². The van der Waals surface area contributed by atoms with Crippen LogP contribution in [0.15, 0.2) is 24.3 Å². The smallest absolute Gasteiger partial charge is 0.267 e. The van der Waals surface area contributed by atoms with E-state index in [1.54, 1.807) is 11.0 Å². The first-order chi connectivity index (χ1) is 8.74. The highest BCUT2D eigenvalue weighted by Gasteiger charge is 2.34. The minimum absolute atomic E-state index is 0.110. The van der Waals surface area contributed by atoms with Crippen molar-refractivity contribution in [3.05, 3.63) is 24.3 Å². The molecule has 3 rings (SSSR count).